The number of benzene rings is 1. The second kappa shape index (κ2) is 9.07. The van der Waals surface area contributed by atoms with Crippen molar-refractivity contribution in [2.45, 2.75) is 51.0 Å². The molecule has 1 atom stereocenters. The number of hydrogen-bond acceptors (Lipinski definition) is 3. The number of nitrogens with two attached hydrogens (primary N) is 1. The number of nitrogens with one attached hydrogen (secondary N) is 1. The first-order valence-electron chi connectivity index (χ1n) is 9.09. The molecule has 7 heteroatoms. The zero-order valence-electron chi connectivity index (χ0n) is 14.9. The van der Waals surface area contributed by atoms with Crippen LogP contribution < -0.4 is 16.0 Å². The topological polar surface area (TPSA) is 75.4 Å². The number of anilines is 1. The van der Waals surface area contributed by atoms with Crippen molar-refractivity contribution >= 4 is 41.5 Å². The van der Waals surface area contributed by atoms with E-state index in [0.717, 1.165) is 31.4 Å². The summed E-state index contributed by atoms with van der Waals surface area (Å²) in [4.78, 5) is 26.8. The first kappa shape index (κ1) is 21.0. The molecule has 2 amide bonds. The van der Waals surface area contributed by atoms with E-state index in [4.69, 9.17) is 17.3 Å². The molecule has 1 heterocycles. The van der Waals surface area contributed by atoms with Crippen molar-refractivity contribution in [3.05, 3.63) is 29.3 Å². The van der Waals surface area contributed by atoms with Crippen LogP contribution in [0.2, 0.25) is 5.02 Å². The van der Waals surface area contributed by atoms with Gasteiger partial charge in [0, 0.05) is 23.7 Å². The number of carbonyl (C=O) groups excluding carboxylic acids is 2. The van der Waals surface area contributed by atoms with Gasteiger partial charge in [-0.15, -0.1) is 12.4 Å². The Kier molecular flexibility index (Phi) is 7.33. The quantitative estimate of drug-likeness (QED) is 0.797. The largest absolute Gasteiger partial charge is 0.344 e. The molecule has 3 rings (SSSR count). The van der Waals surface area contributed by atoms with Gasteiger partial charge >= 0.3 is 0 Å². The van der Waals surface area contributed by atoms with E-state index in [9.17, 15) is 9.59 Å². The first-order valence-corrected chi connectivity index (χ1v) is 9.47. The summed E-state index contributed by atoms with van der Waals surface area (Å²) < 4.78 is 0. The third-order valence-corrected chi connectivity index (χ3v) is 5.81. The monoisotopic (exact) mass is 399 g/mol. The lowest BCUT2D eigenvalue weighted by Crippen LogP contribution is -2.45. The second-order valence-corrected chi connectivity index (χ2v) is 7.75. The van der Waals surface area contributed by atoms with Crippen LogP contribution in [0, 0.1) is 5.41 Å². The van der Waals surface area contributed by atoms with Crippen molar-refractivity contribution in [2.24, 2.45) is 11.1 Å². The summed E-state index contributed by atoms with van der Waals surface area (Å²) in [5.41, 5.74) is 6.70. The van der Waals surface area contributed by atoms with Crippen LogP contribution in [0.3, 0.4) is 0 Å². The Labute approximate surface area is 166 Å². The Morgan fingerprint density at radius 3 is 2.50 bits per heavy atom. The van der Waals surface area contributed by atoms with Crippen LogP contribution in [0.25, 0.3) is 0 Å². The Hall–Kier alpha value is -1.30. The van der Waals surface area contributed by atoms with Crippen LogP contribution in [0.1, 0.15) is 44.9 Å². The molecule has 144 valence electrons. The third-order valence-electron chi connectivity index (χ3n) is 5.56. The van der Waals surface area contributed by atoms with E-state index in [1.807, 2.05) is 12.1 Å². The summed E-state index contributed by atoms with van der Waals surface area (Å²) in [5.74, 6) is -0.107. The molecule has 1 saturated carbocycles. The molecule has 0 spiro atoms. The lowest BCUT2D eigenvalue weighted by Gasteiger charge is -2.35. The molecule has 2 aliphatic rings. The maximum absolute atomic E-state index is 12.6. The molecule has 3 N–H and O–H groups in total. The first-order chi connectivity index (χ1) is 12.0. The van der Waals surface area contributed by atoms with Gasteiger partial charge in [-0.2, -0.15) is 0 Å². The van der Waals surface area contributed by atoms with E-state index in [-0.39, 0.29) is 29.6 Å². The van der Waals surface area contributed by atoms with Crippen LogP contribution in [-0.2, 0) is 9.59 Å². The van der Waals surface area contributed by atoms with Crippen LogP contribution in [0.15, 0.2) is 24.3 Å². The summed E-state index contributed by atoms with van der Waals surface area (Å²) >= 11 is 5.90. The molecule has 1 aromatic carbocycles. The van der Waals surface area contributed by atoms with Gasteiger partial charge in [-0.25, -0.2) is 0 Å². The second-order valence-electron chi connectivity index (χ2n) is 7.32. The molecule has 1 aliphatic heterocycles. The van der Waals surface area contributed by atoms with Crippen molar-refractivity contribution in [3.63, 3.8) is 0 Å². The number of carbonyl (C=O) groups is 2. The molecule has 1 aliphatic carbocycles. The van der Waals surface area contributed by atoms with Gasteiger partial charge in [-0.3, -0.25) is 9.59 Å². The number of hydrogen-bond donors (Lipinski definition) is 2. The molecule has 1 aromatic rings. The maximum atomic E-state index is 12.6. The zero-order valence-corrected chi connectivity index (χ0v) is 16.5. The molecule has 26 heavy (non-hydrogen) atoms. The zero-order chi connectivity index (χ0) is 17.9. The lowest BCUT2D eigenvalue weighted by molar-refractivity contribution is -0.128. The molecule has 2 fully saturated rings. The molecule has 0 bridgehead atoms. The van der Waals surface area contributed by atoms with Gasteiger partial charge < -0.3 is 16.0 Å². The van der Waals surface area contributed by atoms with E-state index in [1.165, 1.54) is 6.42 Å². The molecular formula is C19H27Cl2N3O2. The number of amides is 2. The number of nitrogens with zero attached hydrogens (tertiary/aromatic N) is 1. The minimum absolute atomic E-state index is 0. The smallest absolute Gasteiger partial charge is 0.249 e. The molecule has 1 unspecified atom stereocenters. The lowest BCUT2D eigenvalue weighted by atomic mass is 9.71. The number of halogens is 2. The van der Waals surface area contributed by atoms with E-state index in [1.54, 1.807) is 17.0 Å². The average Bonchev–Trinajstić information content (AvgIpc) is 2.97. The van der Waals surface area contributed by atoms with Crippen LogP contribution in [-0.4, -0.2) is 30.9 Å². The average molecular weight is 400 g/mol. The minimum atomic E-state index is -0.443. The highest BCUT2D eigenvalue weighted by atomic mass is 35.5. The van der Waals surface area contributed by atoms with Gasteiger partial charge in [0.25, 0.3) is 0 Å². The van der Waals surface area contributed by atoms with Gasteiger partial charge in [0.15, 0.2) is 0 Å². The standard InChI is InChI=1S/C19H26ClN3O2.ClH/c20-14-4-6-15(7-5-14)23-11-8-16(18(23)25)22-17(24)12-19(13-21)9-2-1-3-10-19;/h4-7,16H,1-3,8-13,21H2,(H,22,24);1H. The maximum Gasteiger partial charge on any atom is 0.249 e. The third kappa shape index (κ3) is 4.70. The van der Waals surface area contributed by atoms with Crippen molar-refractivity contribution < 1.29 is 9.59 Å². The summed E-state index contributed by atoms with van der Waals surface area (Å²) in [6.07, 6.45) is 6.56. The van der Waals surface area contributed by atoms with Gasteiger partial charge in [0.2, 0.25) is 11.8 Å². The summed E-state index contributed by atoms with van der Waals surface area (Å²) in [6, 6.07) is 6.75. The Morgan fingerprint density at radius 2 is 1.88 bits per heavy atom. The summed E-state index contributed by atoms with van der Waals surface area (Å²) in [6.45, 7) is 1.14. The van der Waals surface area contributed by atoms with Crippen LogP contribution in [0.4, 0.5) is 5.69 Å². The molecule has 5 nitrogen and oxygen atoms in total. The van der Waals surface area contributed by atoms with Gasteiger partial charge in [-0.05, 0) is 55.5 Å². The van der Waals surface area contributed by atoms with E-state index in [2.05, 4.69) is 5.32 Å². The number of rotatable bonds is 5. The Balaban J connectivity index is 0.00000243. The van der Waals surface area contributed by atoms with E-state index in [0.29, 0.717) is 31.0 Å². The predicted molar refractivity (Wildman–Crippen MR) is 107 cm³/mol. The van der Waals surface area contributed by atoms with Gasteiger partial charge in [0.1, 0.15) is 6.04 Å². The van der Waals surface area contributed by atoms with Crippen molar-refractivity contribution in [1.82, 2.24) is 5.32 Å². The van der Waals surface area contributed by atoms with Gasteiger partial charge in [0.05, 0.1) is 0 Å². The van der Waals surface area contributed by atoms with Crippen molar-refractivity contribution in [2.75, 3.05) is 18.0 Å². The predicted octanol–water partition coefficient (Wildman–Crippen LogP) is 3.28. The highest BCUT2D eigenvalue weighted by molar-refractivity contribution is 6.30. The van der Waals surface area contributed by atoms with Crippen molar-refractivity contribution in [3.8, 4) is 0 Å². The summed E-state index contributed by atoms with van der Waals surface area (Å²) in [7, 11) is 0. The molecule has 0 aromatic heterocycles. The molecule has 0 radical (unpaired) electrons. The highest BCUT2D eigenvalue weighted by Gasteiger charge is 2.37. The van der Waals surface area contributed by atoms with E-state index < -0.39 is 6.04 Å². The fraction of sp³-hybridized carbons (Fsp3) is 0.579. The Morgan fingerprint density at radius 1 is 1.23 bits per heavy atom. The molecular weight excluding hydrogens is 373 g/mol. The fourth-order valence-corrected chi connectivity index (χ4v) is 4.16. The normalized spacial score (nSPS) is 22.0. The molecule has 1 saturated heterocycles. The highest BCUT2D eigenvalue weighted by Crippen LogP contribution is 2.38. The SMILES string of the molecule is Cl.NCC1(CC(=O)NC2CCN(c3ccc(Cl)cc3)C2=O)CCCCC1. The van der Waals surface area contributed by atoms with Gasteiger partial charge in [-0.1, -0.05) is 30.9 Å². The van der Waals surface area contributed by atoms with Crippen LogP contribution >= 0.6 is 24.0 Å². The fourth-order valence-electron chi connectivity index (χ4n) is 4.03. The van der Waals surface area contributed by atoms with E-state index >= 15 is 0 Å². The Bertz CT molecular complexity index is 630. The minimum Gasteiger partial charge on any atom is -0.344 e. The van der Waals surface area contributed by atoms with Crippen LogP contribution in [0.5, 0.6) is 0 Å². The summed E-state index contributed by atoms with van der Waals surface area (Å²) in [5, 5.41) is 3.57. The van der Waals surface area contributed by atoms with Crippen molar-refractivity contribution in [1.29, 1.82) is 0 Å².